The summed E-state index contributed by atoms with van der Waals surface area (Å²) in [6.07, 6.45) is 0. The first-order valence-electron chi connectivity index (χ1n) is 9.17. The van der Waals surface area contributed by atoms with Crippen molar-refractivity contribution in [3.05, 3.63) is 64.7 Å². The number of hydrogen-bond acceptors (Lipinski definition) is 4. The zero-order valence-electron chi connectivity index (χ0n) is 16.1. The van der Waals surface area contributed by atoms with Crippen LogP contribution in [-0.2, 0) is 10.0 Å². The highest BCUT2D eigenvalue weighted by Crippen LogP contribution is 2.22. The Hall–Kier alpha value is -2.02. The lowest BCUT2D eigenvalue weighted by Gasteiger charge is -2.33. The Kier molecular flexibility index (Phi) is 5.79. The lowest BCUT2D eigenvalue weighted by atomic mass is 10.1. The maximum atomic E-state index is 12.9. The molecule has 0 unspecified atom stereocenters. The van der Waals surface area contributed by atoms with Crippen LogP contribution in [0.25, 0.3) is 0 Å². The van der Waals surface area contributed by atoms with Gasteiger partial charge in [-0.1, -0.05) is 47.5 Å². The quantitative estimate of drug-likeness (QED) is 0.742. The molecule has 0 bridgehead atoms. The van der Waals surface area contributed by atoms with Crippen LogP contribution in [0.5, 0.6) is 0 Å². The van der Waals surface area contributed by atoms with Gasteiger partial charge in [-0.15, -0.1) is 0 Å². The first-order chi connectivity index (χ1) is 12.8. The number of hydrogen-bond donors (Lipinski definition) is 0. The largest absolute Gasteiger partial charge is 0.293 e. The first kappa shape index (κ1) is 19.7. The third-order valence-corrected chi connectivity index (χ3v) is 7.08. The minimum Gasteiger partial charge on any atom is -0.293 e. The number of carbonyl (C=O) groups excluding carboxylic acids is 1. The minimum absolute atomic E-state index is 0.0701. The van der Waals surface area contributed by atoms with Crippen LogP contribution >= 0.6 is 0 Å². The van der Waals surface area contributed by atoms with Gasteiger partial charge in [-0.25, -0.2) is 8.42 Å². The van der Waals surface area contributed by atoms with Crippen molar-refractivity contribution in [2.24, 2.45) is 0 Å². The topological polar surface area (TPSA) is 57.7 Å². The first-order valence-corrected chi connectivity index (χ1v) is 10.6. The third kappa shape index (κ3) is 4.46. The molecule has 1 aliphatic heterocycles. The smallest absolute Gasteiger partial charge is 0.243 e. The fourth-order valence-electron chi connectivity index (χ4n) is 3.39. The summed E-state index contributed by atoms with van der Waals surface area (Å²) in [5.74, 6) is 0.0701. The van der Waals surface area contributed by atoms with Gasteiger partial charge < -0.3 is 0 Å². The van der Waals surface area contributed by atoms with Gasteiger partial charge in [0.1, 0.15) is 0 Å². The van der Waals surface area contributed by atoms with E-state index in [1.165, 1.54) is 4.31 Å². The molecular weight excluding hydrogens is 360 g/mol. The molecule has 2 aromatic rings. The predicted molar refractivity (Wildman–Crippen MR) is 107 cm³/mol. The fraction of sp³-hybridized carbons (Fsp3) is 0.381. The molecule has 0 radical (unpaired) electrons. The van der Waals surface area contributed by atoms with Gasteiger partial charge in [-0.05, 0) is 32.4 Å². The highest BCUT2D eigenvalue weighted by atomic mass is 32.2. The van der Waals surface area contributed by atoms with E-state index in [-0.39, 0.29) is 5.78 Å². The summed E-state index contributed by atoms with van der Waals surface area (Å²) in [6, 6.07) is 13.0. The van der Waals surface area contributed by atoms with Crippen LogP contribution in [0.1, 0.15) is 27.0 Å². The summed E-state index contributed by atoms with van der Waals surface area (Å²) in [5.41, 5.74) is 3.64. The summed E-state index contributed by atoms with van der Waals surface area (Å²) in [6.45, 7) is 8.00. The van der Waals surface area contributed by atoms with Crippen molar-refractivity contribution in [1.29, 1.82) is 0 Å². The van der Waals surface area contributed by atoms with E-state index in [0.29, 0.717) is 43.2 Å². The fourth-order valence-corrected chi connectivity index (χ4v) is 5.02. The molecule has 0 amide bonds. The molecule has 3 rings (SSSR count). The second kappa shape index (κ2) is 7.92. The molecule has 144 valence electrons. The van der Waals surface area contributed by atoms with Gasteiger partial charge in [0.25, 0.3) is 0 Å². The summed E-state index contributed by atoms with van der Waals surface area (Å²) in [5, 5.41) is 0. The number of carbonyl (C=O) groups is 1. The average Bonchev–Trinajstić information content (AvgIpc) is 2.62. The molecule has 6 heteroatoms. The molecule has 1 fully saturated rings. The molecule has 0 spiro atoms. The van der Waals surface area contributed by atoms with Crippen LogP contribution in [0.4, 0.5) is 0 Å². The summed E-state index contributed by atoms with van der Waals surface area (Å²) < 4.78 is 27.4. The van der Waals surface area contributed by atoms with Crippen LogP contribution in [0.3, 0.4) is 0 Å². The van der Waals surface area contributed by atoms with Crippen LogP contribution in [0.15, 0.2) is 47.4 Å². The van der Waals surface area contributed by atoms with E-state index in [1.54, 1.807) is 6.07 Å². The zero-order chi connectivity index (χ0) is 19.6. The molecular formula is C21H26N2O3S. The van der Waals surface area contributed by atoms with Gasteiger partial charge in [0.15, 0.2) is 5.78 Å². The maximum absolute atomic E-state index is 12.9. The van der Waals surface area contributed by atoms with Gasteiger partial charge in [-0.3, -0.25) is 9.69 Å². The van der Waals surface area contributed by atoms with Gasteiger partial charge in [0, 0.05) is 31.7 Å². The average molecular weight is 387 g/mol. The maximum Gasteiger partial charge on any atom is 0.243 e. The monoisotopic (exact) mass is 386 g/mol. The molecule has 1 heterocycles. The summed E-state index contributed by atoms with van der Waals surface area (Å²) in [4.78, 5) is 14.8. The number of rotatable bonds is 5. The van der Waals surface area contributed by atoms with Crippen LogP contribution in [0, 0.1) is 20.8 Å². The highest BCUT2D eigenvalue weighted by molar-refractivity contribution is 7.89. The SMILES string of the molecule is Cc1ccc(C(=O)CN2CCN(S(=O)(=O)c3ccc(C)cc3C)CC2)cc1. The van der Waals surface area contributed by atoms with Crippen molar-refractivity contribution in [1.82, 2.24) is 9.21 Å². The van der Waals surface area contributed by atoms with Crippen molar-refractivity contribution in [2.45, 2.75) is 25.7 Å². The molecule has 27 heavy (non-hydrogen) atoms. The Labute approximate surface area is 161 Å². The van der Waals surface area contributed by atoms with E-state index < -0.39 is 10.0 Å². The van der Waals surface area contributed by atoms with Crippen molar-refractivity contribution >= 4 is 15.8 Å². The van der Waals surface area contributed by atoms with E-state index >= 15 is 0 Å². The van der Waals surface area contributed by atoms with Crippen molar-refractivity contribution in [3.8, 4) is 0 Å². The molecule has 0 atom stereocenters. The number of nitrogens with zero attached hydrogens (tertiary/aromatic N) is 2. The lowest BCUT2D eigenvalue weighted by Crippen LogP contribution is -2.49. The van der Waals surface area contributed by atoms with Gasteiger partial charge in [-0.2, -0.15) is 4.31 Å². The van der Waals surface area contributed by atoms with E-state index in [9.17, 15) is 13.2 Å². The van der Waals surface area contributed by atoms with Crippen molar-refractivity contribution < 1.29 is 13.2 Å². The minimum atomic E-state index is -3.50. The van der Waals surface area contributed by atoms with Crippen molar-refractivity contribution in [2.75, 3.05) is 32.7 Å². The van der Waals surface area contributed by atoms with E-state index in [2.05, 4.69) is 0 Å². The lowest BCUT2D eigenvalue weighted by molar-refractivity contribution is 0.0901. The molecule has 0 aromatic heterocycles. The molecule has 1 aliphatic rings. The third-order valence-electron chi connectivity index (χ3n) is 5.02. The number of piperazine rings is 1. The number of benzene rings is 2. The normalized spacial score (nSPS) is 16.4. The molecule has 1 saturated heterocycles. The number of Topliss-reactive ketones (excluding diaryl/α,β-unsaturated/α-hetero) is 1. The Morgan fingerprint density at radius 3 is 2.07 bits per heavy atom. The predicted octanol–water partition coefficient (Wildman–Crippen LogP) is 2.80. The molecule has 2 aromatic carbocycles. The van der Waals surface area contributed by atoms with Crippen molar-refractivity contribution in [3.63, 3.8) is 0 Å². The van der Waals surface area contributed by atoms with E-state index in [1.807, 2.05) is 62.1 Å². The number of aryl methyl sites for hydroxylation is 3. The van der Waals surface area contributed by atoms with E-state index in [4.69, 9.17) is 0 Å². The van der Waals surface area contributed by atoms with Gasteiger partial charge in [0.2, 0.25) is 10.0 Å². The second-order valence-electron chi connectivity index (χ2n) is 7.24. The molecule has 5 nitrogen and oxygen atoms in total. The number of ketones is 1. The number of sulfonamides is 1. The Balaban J connectivity index is 1.62. The van der Waals surface area contributed by atoms with Crippen LogP contribution in [-0.4, -0.2) is 56.1 Å². The molecule has 0 saturated carbocycles. The standard InChI is InChI=1S/C21H26N2O3S/c1-16-4-7-19(8-5-16)20(24)15-22-10-12-23(13-11-22)27(25,26)21-9-6-17(2)14-18(21)3/h4-9,14H,10-13,15H2,1-3H3. The van der Waals surface area contributed by atoms with Gasteiger partial charge >= 0.3 is 0 Å². The Bertz CT molecular complexity index is 928. The van der Waals surface area contributed by atoms with Gasteiger partial charge in [0.05, 0.1) is 11.4 Å². The van der Waals surface area contributed by atoms with E-state index in [0.717, 1.165) is 16.7 Å². The molecule has 0 aliphatic carbocycles. The summed E-state index contributed by atoms with van der Waals surface area (Å²) in [7, 11) is -3.50. The summed E-state index contributed by atoms with van der Waals surface area (Å²) >= 11 is 0. The highest BCUT2D eigenvalue weighted by Gasteiger charge is 2.30. The van der Waals surface area contributed by atoms with Crippen LogP contribution in [0.2, 0.25) is 0 Å². The Morgan fingerprint density at radius 1 is 0.889 bits per heavy atom. The molecule has 0 N–H and O–H groups in total. The van der Waals surface area contributed by atoms with Crippen LogP contribution < -0.4 is 0 Å². The zero-order valence-corrected chi connectivity index (χ0v) is 16.9. The Morgan fingerprint density at radius 2 is 1.48 bits per heavy atom. The second-order valence-corrected chi connectivity index (χ2v) is 9.14.